The first-order valence-corrected chi connectivity index (χ1v) is 7.00. The topological polar surface area (TPSA) is 63.2 Å². The van der Waals surface area contributed by atoms with Crippen molar-refractivity contribution in [1.82, 2.24) is 15.6 Å². The smallest absolute Gasteiger partial charge is 0.407 e. The molecule has 2 N–H and O–H groups in total. The van der Waals surface area contributed by atoms with Crippen LogP contribution in [0.15, 0.2) is 18.5 Å². The third-order valence-electron chi connectivity index (χ3n) is 2.72. The molecule has 0 aliphatic rings. The van der Waals surface area contributed by atoms with Gasteiger partial charge in [-0.05, 0) is 46.2 Å². The number of carbonyl (C=O) groups is 1. The lowest BCUT2D eigenvalue weighted by molar-refractivity contribution is 0.0507. The molecule has 118 valence electrons. The van der Waals surface area contributed by atoms with Gasteiger partial charge in [0.15, 0.2) is 0 Å². The molecule has 0 fully saturated rings. The van der Waals surface area contributed by atoms with Crippen LogP contribution < -0.4 is 10.6 Å². The Labute approximate surface area is 125 Å². The van der Waals surface area contributed by atoms with E-state index in [1.54, 1.807) is 6.20 Å². The molecule has 2 unspecified atom stereocenters. The molecule has 0 aromatic carbocycles. The van der Waals surface area contributed by atoms with Crippen molar-refractivity contribution in [2.45, 2.75) is 52.3 Å². The number of rotatable bonds is 5. The van der Waals surface area contributed by atoms with Crippen LogP contribution in [0.3, 0.4) is 0 Å². The molecule has 6 heteroatoms. The number of halogens is 1. The number of amides is 1. The third-order valence-corrected chi connectivity index (χ3v) is 2.72. The van der Waals surface area contributed by atoms with Gasteiger partial charge in [-0.3, -0.25) is 4.98 Å². The van der Waals surface area contributed by atoms with Gasteiger partial charge in [0.1, 0.15) is 11.4 Å². The molecule has 0 aliphatic carbocycles. The zero-order valence-corrected chi connectivity index (χ0v) is 13.2. The summed E-state index contributed by atoms with van der Waals surface area (Å²) in [6.45, 7) is 9.76. The molecule has 0 saturated heterocycles. The summed E-state index contributed by atoms with van der Waals surface area (Å²) in [6.07, 6.45) is 2.34. The van der Waals surface area contributed by atoms with Crippen LogP contribution in [0.4, 0.5) is 9.18 Å². The summed E-state index contributed by atoms with van der Waals surface area (Å²) in [5.41, 5.74) is 0.247. The Balaban J connectivity index is 2.39. The fourth-order valence-corrected chi connectivity index (χ4v) is 1.70. The van der Waals surface area contributed by atoms with E-state index in [9.17, 15) is 9.18 Å². The lowest BCUT2D eigenvalue weighted by Gasteiger charge is -2.23. The van der Waals surface area contributed by atoms with E-state index in [0.29, 0.717) is 6.54 Å². The maximum Gasteiger partial charge on any atom is 0.407 e. The highest BCUT2D eigenvalue weighted by molar-refractivity contribution is 5.68. The Morgan fingerprint density at radius 2 is 2.05 bits per heavy atom. The Kier molecular flexibility index (Phi) is 6.08. The van der Waals surface area contributed by atoms with Crippen LogP contribution in [-0.2, 0) is 4.74 Å². The second-order valence-electron chi connectivity index (χ2n) is 6.11. The van der Waals surface area contributed by atoms with Crippen molar-refractivity contribution in [3.05, 3.63) is 29.8 Å². The van der Waals surface area contributed by atoms with Crippen LogP contribution in [0.25, 0.3) is 0 Å². The summed E-state index contributed by atoms with van der Waals surface area (Å²) < 4.78 is 18.3. The third kappa shape index (κ3) is 7.04. The zero-order chi connectivity index (χ0) is 16.0. The normalized spacial score (nSPS) is 14.4. The van der Waals surface area contributed by atoms with Gasteiger partial charge in [-0.25, -0.2) is 9.18 Å². The highest BCUT2D eigenvalue weighted by Crippen LogP contribution is 2.11. The predicted octanol–water partition coefficient (Wildman–Crippen LogP) is 2.78. The summed E-state index contributed by atoms with van der Waals surface area (Å²) in [6, 6.07) is 1.27. The number of alkyl carbamates (subject to hydrolysis) is 1. The Morgan fingerprint density at radius 3 is 2.62 bits per heavy atom. The molecular weight excluding hydrogens is 273 g/mol. The summed E-state index contributed by atoms with van der Waals surface area (Å²) >= 11 is 0. The largest absolute Gasteiger partial charge is 0.444 e. The fourth-order valence-electron chi connectivity index (χ4n) is 1.70. The van der Waals surface area contributed by atoms with Crippen LogP contribution in [0.2, 0.25) is 0 Å². The van der Waals surface area contributed by atoms with Crippen LogP contribution in [0.1, 0.15) is 46.2 Å². The molecule has 1 rings (SSSR count). The van der Waals surface area contributed by atoms with Crippen molar-refractivity contribution in [2.24, 2.45) is 0 Å². The lowest BCUT2D eigenvalue weighted by atomic mass is 10.1. The van der Waals surface area contributed by atoms with Gasteiger partial charge in [0.25, 0.3) is 0 Å². The predicted molar refractivity (Wildman–Crippen MR) is 79.4 cm³/mol. The first-order valence-electron chi connectivity index (χ1n) is 7.00. The Morgan fingerprint density at radius 1 is 1.38 bits per heavy atom. The van der Waals surface area contributed by atoms with Crippen molar-refractivity contribution >= 4 is 6.09 Å². The van der Waals surface area contributed by atoms with Gasteiger partial charge < -0.3 is 15.4 Å². The average molecular weight is 297 g/mol. The molecule has 0 saturated carbocycles. The standard InChI is InChI=1S/C15H24FN3O2/c1-10(19-14(20)21-15(3,4)5)7-18-11(2)12-6-13(16)9-17-8-12/h6,8-11,18H,7H2,1-5H3,(H,19,20). The van der Waals surface area contributed by atoms with Gasteiger partial charge >= 0.3 is 6.09 Å². The van der Waals surface area contributed by atoms with Crippen LogP contribution in [0, 0.1) is 5.82 Å². The highest BCUT2D eigenvalue weighted by Gasteiger charge is 2.18. The SMILES string of the molecule is CC(CNC(C)c1cncc(F)c1)NC(=O)OC(C)(C)C. The van der Waals surface area contributed by atoms with E-state index in [-0.39, 0.29) is 17.9 Å². The second-order valence-corrected chi connectivity index (χ2v) is 6.11. The lowest BCUT2D eigenvalue weighted by Crippen LogP contribution is -2.43. The van der Waals surface area contributed by atoms with E-state index >= 15 is 0 Å². The maximum atomic E-state index is 13.1. The number of nitrogens with zero attached hydrogens (tertiary/aromatic N) is 1. The zero-order valence-electron chi connectivity index (χ0n) is 13.2. The number of ether oxygens (including phenoxy) is 1. The molecule has 5 nitrogen and oxygen atoms in total. The summed E-state index contributed by atoms with van der Waals surface area (Å²) in [4.78, 5) is 15.4. The van der Waals surface area contributed by atoms with E-state index < -0.39 is 11.7 Å². The van der Waals surface area contributed by atoms with Gasteiger partial charge in [0.05, 0.1) is 6.20 Å². The molecule has 0 radical (unpaired) electrons. The fraction of sp³-hybridized carbons (Fsp3) is 0.600. The minimum absolute atomic E-state index is 0.0592. The molecular formula is C15H24FN3O2. The molecule has 0 spiro atoms. The van der Waals surface area contributed by atoms with Crippen LogP contribution >= 0.6 is 0 Å². The molecule has 1 heterocycles. The molecule has 1 aromatic heterocycles. The van der Waals surface area contributed by atoms with Crippen molar-refractivity contribution in [1.29, 1.82) is 0 Å². The number of carbonyl (C=O) groups excluding carboxylic acids is 1. The van der Waals surface area contributed by atoms with E-state index in [4.69, 9.17) is 4.74 Å². The maximum absolute atomic E-state index is 13.1. The van der Waals surface area contributed by atoms with Crippen molar-refractivity contribution in [3.63, 3.8) is 0 Å². The van der Waals surface area contributed by atoms with E-state index in [1.165, 1.54) is 12.3 Å². The van der Waals surface area contributed by atoms with Gasteiger partial charge in [-0.2, -0.15) is 0 Å². The monoisotopic (exact) mass is 297 g/mol. The van der Waals surface area contributed by atoms with E-state index in [2.05, 4.69) is 15.6 Å². The molecule has 1 aromatic rings. The summed E-state index contributed by atoms with van der Waals surface area (Å²) in [7, 11) is 0. The van der Waals surface area contributed by atoms with E-state index in [1.807, 2.05) is 34.6 Å². The van der Waals surface area contributed by atoms with E-state index in [0.717, 1.165) is 5.56 Å². The number of aromatic nitrogens is 1. The summed E-state index contributed by atoms with van der Waals surface area (Å²) in [5, 5.41) is 5.96. The van der Waals surface area contributed by atoms with Gasteiger partial charge in [0, 0.05) is 24.8 Å². The second kappa shape index (κ2) is 7.36. The molecule has 0 bridgehead atoms. The van der Waals surface area contributed by atoms with Gasteiger partial charge in [0.2, 0.25) is 0 Å². The minimum Gasteiger partial charge on any atom is -0.444 e. The van der Waals surface area contributed by atoms with Crippen molar-refractivity contribution in [2.75, 3.05) is 6.54 Å². The summed E-state index contributed by atoms with van der Waals surface area (Å²) in [5.74, 6) is -0.360. The number of nitrogens with one attached hydrogen (secondary N) is 2. The Bertz CT molecular complexity index is 474. The van der Waals surface area contributed by atoms with Gasteiger partial charge in [-0.15, -0.1) is 0 Å². The molecule has 2 atom stereocenters. The number of hydrogen-bond acceptors (Lipinski definition) is 4. The number of pyridine rings is 1. The first-order chi connectivity index (χ1) is 9.67. The molecule has 1 amide bonds. The average Bonchev–Trinajstić information content (AvgIpc) is 2.33. The van der Waals surface area contributed by atoms with Crippen LogP contribution in [-0.4, -0.2) is 29.3 Å². The highest BCUT2D eigenvalue weighted by atomic mass is 19.1. The minimum atomic E-state index is -0.516. The van der Waals surface area contributed by atoms with Crippen LogP contribution in [0.5, 0.6) is 0 Å². The first kappa shape index (κ1) is 17.4. The Hall–Kier alpha value is -1.69. The van der Waals surface area contributed by atoms with Crippen molar-refractivity contribution < 1.29 is 13.9 Å². The van der Waals surface area contributed by atoms with Crippen molar-refractivity contribution in [3.8, 4) is 0 Å². The van der Waals surface area contributed by atoms with Gasteiger partial charge in [-0.1, -0.05) is 0 Å². The number of hydrogen-bond donors (Lipinski definition) is 2. The molecule has 21 heavy (non-hydrogen) atoms. The quantitative estimate of drug-likeness (QED) is 0.877. The molecule has 0 aliphatic heterocycles.